The van der Waals surface area contributed by atoms with Crippen molar-refractivity contribution in [3.8, 4) is 0 Å². The number of hydrogen-bond donors (Lipinski definition) is 2. The molecule has 0 saturated carbocycles. The van der Waals surface area contributed by atoms with Crippen molar-refractivity contribution in [2.75, 3.05) is 39.6 Å². The molecule has 0 spiro atoms. The Bertz CT molecular complexity index is 305. The summed E-state index contributed by atoms with van der Waals surface area (Å²) in [6, 6.07) is 0. The molecule has 0 saturated heterocycles. The van der Waals surface area contributed by atoms with Crippen molar-refractivity contribution in [1.29, 1.82) is 0 Å². The molecule has 1 unspecified atom stereocenters. The summed E-state index contributed by atoms with van der Waals surface area (Å²) in [5.41, 5.74) is 0. The van der Waals surface area contributed by atoms with E-state index in [-0.39, 0.29) is 52.5 Å². The lowest BCUT2D eigenvalue weighted by Crippen LogP contribution is -2.28. The fraction of sp³-hybridized carbons (Fsp3) is 0.750. The van der Waals surface area contributed by atoms with Crippen LogP contribution >= 0.6 is 0 Å². The standard InChI is InChI=1S/C12H20O9/c13-9-20-6-5-19-8-10(21-4-2-12(16)17)7-18-3-1-11(14)15/h9-10H,1-8H2,(H,14,15)(H,16,17). The smallest absolute Gasteiger partial charge is 0.305 e. The zero-order valence-electron chi connectivity index (χ0n) is 11.6. The van der Waals surface area contributed by atoms with Crippen LogP contribution in [0, 0.1) is 0 Å². The van der Waals surface area contributed by atoms with Crippen LogP contribution in [0.3, 0.4) is 0 Å². The molecule has 0 aromatic heterocycles. The second-order valence-electron chi connectivity index (χ2n) is 3.90. The van der Waals surface area contributed by atoms with E-state index in [9.17, 15) is 14.4 Å². The van der Waals surface area contributed by atoms with Gasteiger partial charge in [0.15, 0.2) is 0 Å². The van der Waals surface area contributed by atoms with Crippen LogP contribution < -0.4 is 0 Å². The predicted molar refractivity (Wildman–Crippen MR) is 67.9 cm³/mol. The molecule has 0 amide bonds. The number of carbonyl (C=O) groups is 3. The Labute approximate surface area is 121 Å². The van der Waals surface area contributed by atoms with Crippen LogP contribution in [-0.4, -0.2) is 74.4 Å². The first-order valence-corrected chi connectivity index (χ1v) is 6.32. The van der Waals surface area contributed by atoms with Crippen molar-refractivity contribution < 1.29 is 43.5 Å². The van der Waals surface area contributed by atoms with Gasteiger partial charge in [0.1, 0.15) is 12.7 Å². The van der Waals surface area contributed by atoms with E-state index in [1.54, 1.807) is 0 Å². The van der Waals surface area contributed by atoms with Crippen LogP contribution in [-0.2, 0) is 33.3 Å². The Morgan fingerprint density at radius 2 is 1.48 bits per heavy atom. The number of rotatable bonds is 15. The van der Waals surface area contributed by atoms with Crippen LogP contribution in [0.5, 0.6) is 0 Å². The third kappa shape index (κ3) is 14.5. The number of carboxylic acid groups (broad SMARTS) is 2. The summed E-state index contributed by atoms with van der Waals surface area (Å²) < 4.78 is 20.0. The van der Waals surface area contributed by atoms with Crippen molar-refractivity contribution >= 4 is 18.4 Å². The van der Waals surface area contributed by atoms with Gasteiger partial charge < -0.3 is 29.2 Å². The highest BCUT2D eigenvalue weighted by Gasteiger charge is 2.11. The molecule has 0 heterocycles. The Balaban J connectivity index is 3.87. The fourth-order valence-electron chi connectivity index (χ4n) is 1.20. The number of hydrogen-bond acceptors (Lipinski definition) is 7. The van der Waals surface area contributed by atoms with E-state index in [1.165, 1.54) is 0 Å². The molecule has 0 aromatic carbocycles. The lowest BCUT2D eigenvalue weighted by Gasteiger charge is -2.17. The SMILES string of the molecule is O=COCCOCC(COCCC(=O)O)OCCC(=O)O. The molecular formula is C12H20O9. The normalized spacial score (nSPS) is 11.8. The molecule has 0 fully saturated rings. The molecule has 2 N–H and O–H groups in total. The molecule has 122 valence electrons. The highest BCUT2D eigenvalue weighted by atomic mass is 16.6. The maximum absolute atomic E-state index is 10.4. The molecule has 0 radical (unpaired) electrons. The molecule has 0 bridgehead atoms. The van der Waals surface area contributed by atoms with E-state index in [0.29, 0.717) is 6.47 Å². The summed E-state index contributed by atoms with van der Waals surface area (Å²) in [7, 11) is 0. The van der Waals surface area contributed by atoms with Crippen molar-refractivity contribution in [2.24, 2.45) is 0 Å². The first kappa shape index (κ1) is 19.3. The molecule has 0 aromatic rings. The van der Waals surface area contributed by atoms with Gasteiger partial charge in [-0.1, -0.05) is 0 Å². The van der Waals surface area contributed by atoms with Gasteiger partial charge in [0.2, 0.25) is 0 Å². The van der Waals surface area contributed by atoms with Crippen molar-refractivity contribution in [3.63, 3.8) is 0 Å². The molecule has 0 aliphatic heterocycles. The summed E-state index contributed by atoms with van der Waals surface area (Å²) in [5.74, 6) is -1.96. The number of aliphatic carboxylic acids is 2. The van der Waals surface area contributed by atoms with Gasteiger partial charge in [-0.3, -0.25) is 14.4 Å². The van der Waals surface area contributed by atoms with E-state index in [0.717, 1.165) is 0 Å². The average molecular weight is 308 g/mol. The van der Waals surface area contributed by atoms with E-state index in [2.05, 4.69) is 4.74 Å². The van der Waals surface area contributed by atoms with Crippen molar-refractivity contribution in [1.82, 2.24) is 0 Å². The molecule has 9 nitrogen and oxygen atoms in total. The minimum atomic E-state index is -0.985. The molecule has 0 aliphatic carbocycles. The van der Waals surface area contributed by atoms with E-state index in [1.807, 2.05) is 0 Å². The Kier molecular flexibility index (Phi) is 12.2. The van der Waals surface area contributed by atoms with Gasteiger partial charge in [-0.2, -0.15) is 0 Å². The summed E-state index contributed by atoms with van der Waals surface area (Å²) in [6.07, 6.45) is -0.801. The summed E-state index contributed by atoms with van der Waals surface area (Å²) in [5, 5.41) is 17.0. The fourth-order valence-corrected chi connectivity index (χ4v) is 1.20. The lowest BCUT2D eigenvalue weighted by atomic mass is 10.4. The highest BCUT2D eigenvalue weighted by molar-refractivity contribution is 5.67. The van der Waals surface area contributed by atoms with Gasteiger partial charge in [0.25, 0.3) is 6.47 Å². The van der Waals surface area contributed by atoms with Crippen LogP contribution in [0.25, 0.3) is 0 Å². The van der Waals surface area contributed by atoms with Crippen molar-refractivity contribution in [2.45, 2.75) is 18.9 Å². The van der Waals surface area contributed by atoms with Gasteiger partial charge in [0, 0.05) is 0 Å². The van der Waals surface area contributed by atoms with Crippen LogP contribution in [0.4, 0.5) is 0 Å². The van der Waals surface area contributed by atoms with Crippen LogP contribution in [0.15, 0.2) is 0 Å². The molecular weight excluding hydrogens is 288 g/mol. The van der Waals surface area contributed by atoms with Gasteiger partial charge in [0.05, 0.1) is 45.9 Å². The Morgan fingerprint density at radius 1 is 0.905 bits per heavy atom. The van der Waals surface area contributed by atoms with Crippen LogP contribution in [0.2, 0.25) is 0 Å². The second-order valence-corrected chi connectivity index (χ2v) is 3.90. The molecule has 21 heavy (non-hydrogen) atoms. The Morgan fingerprint density at radius 3 is 2.05 bits per heavy atom. The average Bonchev–Trinajstić information content (AvgIpc) is 2.41. The zero-order valence-corrected chi connectivity index (χ0v) is 11.6. The number of carbonyl (C=O) groups excluding carboxylic acids is 1. The third-order valence-corrected chi connectivity index (χ3v) is 2.15. The Hall–Kier alpha value is -1.71. The topological polar surface area (TPSA) is 129 Å². The first-order valence-electron chi connectivity index (χ1n) is 6.32. The molecule has 9 heteroatoms. The minimum absolute atomic E-state index is 0.00348. The summed E-state index contributed by atoms with van der Waals surface area (Å²) >= 11 is 0. The molecule has 0 rings (SSSR count). The van der Waals surface area contributed by atoms with E-state index < -0.39 is 18.0 Å². The van der Waals surface area contributed by atoms with E-state index >= 15 is 0 Å². The van der Waals surface area contributed by atoms with Crippen molar-refractivity contribution in [3.05, 3.63) is 0 Å². The second kappa shape index (κ2) is 13.3. The van der Waals surface area contributed by atoms with Gasteiger partial charge in [-0.05, 0) is 0 Å². The largest absolute Gasteiger partial charge is 0.481 e. The monoisotopic (exact) mass is 308 g/mol. The molecule has 0 aliphatic rings. The summed E-state index contributed by atoms with van der Waals surface area (Å²) in [4.78, 5) is 30.6. The molecule has 1 atom stereocenters. The van der Waals surface area contributed by atoms with Gasteiger partial charge in [-0.25, -0.2) is 0 Å². The lowest BCUT2D eigenvalue weighted by molar-refractivity contribution is -0.142. The third-order valence-electron chi connectivity index (χ3n) is 2.15. The highest BCUT2D eigenvalue weighted by Crippen LogP contribution is 1.98. The maximum Gasteiger partial charge on any atom is 0.305 e. The van der Waals surface area contributed by atoms with Gasteiger partial charge in [-0.15, -0.1) is 0 Å². The maximum atomic E-state index is 10.4. The number of ether oxygens (including phenoxy) is 4. The minimum Gasteiger partial charge on any atom is -0.481 e. The quantitative estimate of drug-likeness (QED) is 0.304. The number of carboxylic acids is 2. The van der Waals surface area contributed by atoms with Crippen LogP contribution in [0.1, 0.15) is 12.8 Å². The predicted octanol–water partition coefficient (Wildman–Crippen LogP) is -0.473. The van der Waals surface area contributed by atoms with E-state index in [4.69, 9.17) is 24.4 Å². The van der Waals surface area contributed by atoms with Gasteiger partial charge >= 0.3 is 11.9 Å². The zero-order chi connectivity index (χ0) is 15.9. The first-order chi connectivity index (χ1) is 10.1. The summed E-state index contributed by atoms with van der Waals surface area (Å²) in [6.45, 7) is 0.812.